The number of aromatic nitrogens is 3. The molecule has 0 spiro atoms. The van der Waals surface area contributed by atoms with Gasteiger partial charge < -0.3 is 14.0 Å². The molecular weight excluding hydrogens is 447 g/mol. The van der Waals surface area contributed by atoms with E-state index in [-0.39, 0.29) is 41.5 Å². The predicted molar refractivity (Wildman–Crippen MR) is 120 cm³/mol. The summed E-state index contributed by atoms with van der Waals surface area (Å²) in [7, 11) is 1.75. The van der Waals surface area contributed by atoms with Gasteiger partial charge in [-0.15, -0.1) is 0 Å². The fraction of sp³-hybridized carbons (Fsp3) is 0.458. The summed E-state index contributed by atoms with van der Waals surface area (Å²) in [5.41, 5.74) is 0.726. The number of fused-ring (bicyclic) bond motifs is 1. The number of rotatable bonds is 6. The molecule has 1 saturated heterocycles. The Morgan fingerprint density at radius 1 is 1.21 bits per heavy atom. The van der Waals surface area contributed by atoms with Crippen molar-refractivity contribution < 1.29 is 22.6 Å². The highest BCUT2D eigenvalue weighted by molar-refractivity contribution is 5.84. The zero-order valence-corrected chi connectivity index (χ0v) is 19.3. The highest BCUT2D eigenvalue weighted by Gasteiger charge is 2.35. The van der Waals surface area contributed by atoms with Crippen molar-refractivity contribution in [2.45, 2.75) is 38.7 Å². The first kappa shape index (κ1) is 24.0. The fourth-order valence-electron chi connectivity index (χ4n) is 4.33. The van der Waals surface area contributed by atoms with Gasteiger partial charge in [0, 0.05) is 32.2 Å². The zero-order chi connectivity index (χ0) is 24.5. The van der Waals surface area contributed by atoms with E-state index in [1.165, 1.54) is 18.5 Å². The Morgan fingerprint density at radius 3 is 2.62 bits per heavy atom. The second-order valence-corrected chi connectivity index (χ2v) is 8.62. The summed E-state index contributed by atoms with van der Waals surface area (Å²) in [5.74, 6) is -0.220. The number of imidazole rings is 1. The molecule has 0 bridgehead atoms. The van der Waals surface area contributed by atoms with E-state index >= 15 is 0 Å². The monoisotopic (exact) mass is 473 g/mol. The molecule has 0 amide bonds. The van der Waals surface area contributed by atoms with E-state index in [1.54, 1.807) is 17.7 Å². The third-order valence-electron chi connectivity index (χ3n) is 5.77. The Bertz CT molecular complexity index is 1210. The number of aryl methyl sites for hydroxylation is 1. The smallest absolute Gasteiger partial charge is 0.419 e. The third kappa shape index (κ3) is 5.16. The lowest BCUT2D eigenvalue weighted by Crippen LogP contribution is -2.45. The number of hydrogen-bond donors (Lipinski definition) is 0. The molecule has 2 aromatic heterocycles. The first-order valence-corrected chi connectivity index (χ1v) is 11.1. The molecule has 1 aliphatic rings. The minimum Gasteiger partial charge on any atom is -0.493 e. The second-order valence-electron chi connectivity index (χ2n) is 8.62. The molecule has 34 heavy (non-hydrogen) atoms. The first-order chi connectivity index (χ1) is 16.2. The maximum atomic E-state index is 13.9. The van der Waals surface area contributed by atoms with Crippen LogP contribution in [0.15, 0.2) is 30.6 Å². The molecule has 1 fully saturated rings. The van der Waals surface area contributed by atoms with E-state index in [4.69, 9.17) is 9.47 Å². The lowest BCUT2D eigenvalue weighted by atomic mass is 10.1. The van der Waals surface area contributed by atoms with Gasteiger partial charge in [0.15, 0.2) is 5.69 Å². The summed E-state index contributed by atoms with van der Waals surface area (Å²) >= 11 is 0. The average molecular weight is 473 g/mol. The lowest BCUT2D eigenvalue weighted by Gasteiger charge is -2.35. The second kappa shape index (κ2) is 9.60. The summed E-state index contributed by atoms with van der Waals surface area (Å²) in [6.07, 6.45) is -2.20. The SMILES string of the molecule is C[C@@H]1CN(CCCOc2ccc(-c3cc4c(ncn4C)c(C#N)n3)cc2C(F)(F)F)C[C@H](C)O1. The molecule has 0 unspecified atom stereocenters. The average Bonchev–Trinajstić information content (AvgIpc) is 3.15. The van der Waals surface area contributed by atoms with Crippen LogP contribution in [0.2, 0.25) is 0 Å². The van der Waals surface area contributed by atoms with Crippen LogP contribution >= 0.6 is 0 Å². The number of halogens is 3. The van der Waals surface area contributed by atoms with Crippen molar-refractivity contribution in [3.8, 4) is 23.1 Å². The largest absolute Gasteiger partial charge is 0.493 e. The molecular formula is C24H26F3N5O2. The fourth-order valence-corrected chi connectivity index (χ4v) is 4.33. The van der Waals surface area contributed by atoms with E-state index in [9.17, 15) is 18.4 Å². The number of hydrogen-bond acceptors (Lipinski definition) is 6. The van der Waals surface area contributed by atoms with Crippen LogP contribution in [0.25, 0.3) is 22.3 Å². The van der Waals surface area contributed by atoms with Gasteiger partial charge in [-0.2, -0.15) is 18.4 Å². The molecule has 10 heteroatoms. The quantitative estimate of drug-likeness (QED) is 0.494. The van der Waals surface area contributed by atoms with Crippen LogP contribution < -0.4 is 4.74 Å². The van der Waals surface area contributed by atoms with Crippen LogP contribution in [0.5, 0.6) is 5.75 Å². The summed E-state index contributed by atoms with van der Waals surface area (Å²) in [4.78, 5) is 10.6. The molecule has 3 aromatic rings. The van der Waals surface area contributed by atoms with Crippen molar-refractivity contribution in [3.05, 3.63) is 41.9 Å². The van der Waals surface area contributed by atoms with Gasteiger partial charge in [0.1, 0.15) is 17.3 Å². The standard InChI is InChI=1S/C24H26F3N5O2/c1-15-12-32(13-16(2)34-15)7-4-8-33-22-6-5-17(9-18(22)24(25,26)27)19-10-21-23(20(11-28)30-19)29-14-31(21)3/h5-6,9-10,14-16H,4,7-8,12-13H2,1-3H3/t15-,16+. The van der Waals surface area contributed by atoms with Crippen LogP contribution in [0.4, 0.5) is 13.2 Å². The molecule has 1 aliphatic heterocycles. The Balaban J connectivity index is 1.53. The zero-order valence-electron chi connectivity index (χ0n) is 19.3. The van der Waals surface area contributed by atoms with E-state index in [2.05, 4.69) is 14.9 Å². The summed E-state index contributed by atoms with van der Waals surface area (Å²) in [6, 6.07) is 7.47. The molecule has 0 radical (unpaired) electrons. The number of nitriles is 1. The van der Waals surface area contributed by atoms with Crippen LogP contribution in [0.3, 0.4) is 0 Å². The van der Waals surface area contributed by atoms with Crippen molar-refractivity contribution in [3.63, 3.8) is 0 Å². The van der Waals surface area contributed by atoms with E-state index in [1.807, 2.05) is 19.9 Å². The Labute approximate surface area is 195 Å². The van der Waals surface area contributed by atoms with Crippen LogP contribution in [-0.4, -0.2) is 57.9 Å². The number of morpholine rings is 1. The number of nitrogens with zero attached hydrogens (tertiary/aromatic N) is 5. The number of pyridine rings is 1. The minimum atomic E-state index is -4.60. The van der Waals surface area contributed by atoms with Gasteiger partial charge in [-0.1, -0.05) is 0 Å². The summed E-state index contributed by atoms with van der Waals surface area (Å²) in [6.45, 7) is 6.51. The summed E-state index contributed by atoms with van der Waals surface area (Å²) < 4.78 is 54.5. The maximum Gasteiger partial charge on any atom is 0.419 e. The Morgan fingerprint density at radius 2 is 1.94 bits per heavy atom. The van der Waals surface area contributed by atoms with Gasteiger partial charge in [-0.05, 0) is 44.5 Å². The van der Waals surface area contributed by atoms with Gasteiger partial charge in [0.25, 0.3) is 0 Å². The van der Waals surface area contributed by atoms with Crippen molar-refractivity contribution >= 4 is 11.0 Å². The van der Waals surface area contributed by atoms with Crippen LogP contribution in [0.1, 0.15) is 31.5 Å². The lowest BCUT2D eigenvalue weighted by molar-refractivity contribution is -0.138. The molecule has 0 saturated carbocycles. The first-order valence-electron chi connectivity index (χ1n) is 11.1. The molecule has 7 nitrogen and oxygen atoms in total. The molecule has 1 aromatic carbocycles. The van der Waals surface area contributed by atoms with Gasteiger partial charge in [0.05, 0.1) is 41.9 Å². The van der Waals surface area contributed by atoms with Crippen molar-refractivity contribution in [2.24, 2.45) is 7.05 Å². The van der Waals surface area contributed by atoms with Gasteiger partial charge in [0.2, 0.25) is 0 Å². The van der Waals surface area contributed by atoms with Crippen molar-refractivity contribution in [2.75, 3.05) is 26.2 Å². The van der Waals surface area contributed by atoms with E-state index < -0.39 is 11.7 Å². The highest BCUT2D eigenvalue weighted by atomic mass is 19.4. The maximum absolute atomic E-state index is 13.9. The number of alkyl halides is 3. The minimum absolute atomic E-state index is 0.0636. The van der Waals surface area contributed by atoms with E-state index in [0.717, 1.165) is 25.7 Å². The Hall–Kier alpha value is -3.16. The normalized spacial score (nSPS) is 19.3. The van der Waals surface area contributed by atoms with Crippen molar-refractivity contribution in [1.29, 1.82) is 5.26 Å². The molecule has 0 N–H and O–H groups in total. The number of benzene rings is 1. The topological polar surface area (TPSA) is 76.2 Å². The van der Waals surface area contributed by atoms with Gasteiger partial charge in [-0.3, -0.25) is 4.90 Å². The van der Waals surface area contributed by atoms with Crippen LogP contribution in [0, 0.1) is 11.3 Å². The van der Waals surface area contributed by atoms with Crippen LogP contribution in [-0.2, 0) is 18.0 Å². The number of ether oxygens (including phenoxy) is 2. The molecule has 3 heterocycles. The molecule has 2 atom stereocenters. The third-order valence-corrected chi connectivity index (χ3v) is 5.77. The molecule has 4 rings (SSSR count). The van der Waals surface area contributed by atoms with Gasteiger partial charge in [-0.25, -0.2) is 9.97 Å². The van der Waals surface area contributed by atoms with E-state index in [0.29, 0.717) is 17.5 Å². The Kier molecular flexibility index (Phi) is 6.77. The molecule has 0 aliphatic carbocycles. The predicted octanol–water partition coefficient (Wildman–Crippen LogP) is 4.40. The van der Waals surface area contributed by atoms with Crippen molar-refractivity contribution in [1.82, 2.24) is 19.4 Å². The molecule has 180 valence electrons. The highest BCUT2D eigenvalue weighted by Crippen LogP contribution is 2.39. The van der Waals surface area contributed by atoms with Gasteiger partial charge >= 0.3 is 6.18 Å². The summed E-state index contributed by atoms with van der Waals surface area (Å²) in [5, 5.41) is 9.42.